The fourth-order valence-corrected chi connectivity index (χ4v) is 2.12. The molecule has 0 bridgehead atoms. The van der Waals surface area contributed by atoms with Crippen LogP contribution in [0.5, 0.6) is 0 Å². The van der Waals surface area contributed by atoms with Crippen LogP contribution in [0.1, 0.15) is 46.0 Å². The number of hydrogen-bond donors (Lipinski definition) is 4. The van der Waals surface area contributed by atoms with Crippen molar-refractivity contribution in [3.63, 3.8) is 0 Å². The van der Waals surface area contributed by atoms with Gasteiger partial charge in [0.2, 0.25) is 11.9 Å². The minimum Gasteiger partial charge on any atom is -0.370 e. The van der Waals surface area contributed by atoms with Crippen molar-refractivity contribution in [1.29, 1.82) is 0 Å². The van der Waals surface area contributed by atoms with Crippen molar-refractivity contribution in [2.45, 2.75) is 57.5 Å². The van der Waals surface area contributed by atoms with E-state index in [0.717, 1.165) is 12.8 Å². The zero-order valence-electron chi connectivity index (χ0n) is 10.6. The molecule has 0 aliphatic heterocycles. The second-order valence-electron chi connectivity index (χ2n) is 5.21. The summed E-state index contributed by atoms with van der Waals surface area (Å²) in [5, 5.41) is 3.11. The Balaban J connectivity index is 2.58. The molecule has 0 spiro atoms. The van der Waals surface area contributed by atoms with Crippen molar-refractivity contribution < 1.29 is 4.79 Å². The van der Waals surface area contributed by atoms with Crippen LogP contribution in [-0.2, 0) is 4.79 Å². The minimum atomic E-state index is -0.449. The summed E-state index contributed by atoms with van der Waals surface area (Å²) >= 11 is 0. The lowest BCUT2D eigenvalue weighted by Gasteiger charge is -2.27. The summed E-state index contributed by atoms with van der Waals surface area (Å²) in [5.41, 5.74) is 7.29. The maximum absolute atomic E-state index is 10.9. The van der Waals surface area contributed by atoms with E-state index in [2.05, 4.69) is 15.7 Å². The van der Waals surface area contributed by atoms with E-state index in [1.54, 1.807) is 0 Å². The Morgan fingerprint density at radius 2 is 2.00 bits per heavy atom. The highest BCUT2D eigenvalue weighted by Crippen LogP contribution is 2.20. The molecular formula is C11H23N5O. The first-order valence-electron chi connectivity index (χ1n) is 6.04. The molecule has 0 aromatic rings. The summed E-state index contributed by atoms with van der Waals surface area (Å²) in [5.74, 6) is 5.61. The predicted octanol–water partition coefficient (Wildman–Crippen LogP) is -0.00810. The maximum Gasteiger partial charge on any atom is 0.219 e. The van der Waals surface area contributed by atoms with Gasteiger partial charge in [0.1, 0.15) is 0 Å². The molecule has 0 unspecified atom stereocenters. The van der Waals surface area contributed by atoms with Crippen LogP contribution in [-0.4, -0.2) is 23.4 Å². The van der Waals surface area contributed by atoms with E-state index in [9.17, 15) is 4.79 Å². The lowest BCUT2D eigenvalue weighted by atomic mass is 10.0. The number of carbonyl (C=O) groups is 1. The molecule has 0 heterocycles. The van der Waals surface area contributed by atoms with Crippen molar-refractivity contribution in [3.05, 3.63) is 0 Å². The molecule has 0 aromatic carbocycles. The molecule has 1 saturated carbocycles. The first-order chi connectivity index (χ1) is 7.93. The highest BCUT2D eigenvalue weighted by atomic mass is 16.1. The Labute approximate surface area is 102 Å². The Morgan fingerprint density at radius 1 is 1.41 bits per heavy atom. The molecule has 0 atom stereocenters. The lowest BCUT2D eigenvalue weighted by molar-refractivity contribution is -0.119. The van der Waals surface area contributed by atoms with Gasteiger partial charge in [-0.25, -0.2) is 10.8 Å². The van der Waals surface area contributed by atoms with Gasteiger partial charge in [-0.1, -0.05) is 12.8 Å². The van der Waals surface area contributed by atoms with Crippen LogP contribution in [0.3, 0.4) is 0 Å². The predicted molar refractivity (Wildman–Crippen MR) is 68.0 cm³/mol. The number of rotatable bonds is 4. The summed E-state index contributed by atoms with van der Waals surface area (Å²) in [6.07, 6.45) is 4.87. The van der Waals surface area contributed by atoms with Crippen LogP contribution in [0.15, 0.2) is 4.99 Å². The highest BCUT2D eigenvalue weighted by molar-refractivity contribution is 5.82. The second-order valence-corrected chi connectivity index (χ2v) is 5.21. The Kier molecular flexibility index (Phi) is 4.74. The third kappa shape index (κ3) is 5.04. The van der Waals surface area contributed by atoms with Crippen molar-refractivity contribution in [2.75, 3.05) is 0 Å². The molecule has 1 fully saturated rings. The molecule has 6 N–H and O–H groups in total. The van der Waals surface area contributed by atoms with Crippen molar-refractivity contribution in [1.82, 2.24) is 10.7 Å². The first kappa shape index (κ1) is 13.8. The summed E-state index contributed by atoms with van der Waals surface area (Å²) in [7, 11) is 0. The van der Waals surface area contributed by atoms with Gasteiger partial charge in [0.25, 0.3) is 0 Å². The molecule has 1 aliphatic rings. The van der Waals surface area contributed by atoms with E-state index in [1.165, 1.54) is 12.8 Å². The van der Waals surface area contributed by atoms with Gasteiger partial charge >= 0.3 is 0 Å². The number of nitrogens with one attached hydrogen (secondary N) is 2. The van der Waals surface area contributed by atoms with E-state index in [-0.39, 0.29) is 12.3 Å². The molecule has 1 aliphatic carbocycles. The molecule has 0 radical (unpaired) electrons. The standard InChI is InChI=1S/C11H23N5O/c1-11(2,7-9(12)17)15-10(16-13)14-8-5-3-4-6-8/h8H,3-7,13H2,1-2H3,(H2,12,17)(H2,14,15,16). The average Bonchev–Trinajstić information content (AvgIpc) is 2.66. The van der Waals surface area contributed by atoms with Crippen LogP contribution in [0.4, 0.5) is 0 Å². The molecule has 1 rings (SSSR count). The monoisotopic (exact) mass is 241 g/mol. The van der Waals surface area contributed by atoms with Gasteiger partial charge in [-0.2, -0.15) is 0 Å². The number of guanidine groups is 1. The lowest BCUT2D eigenvalue weighted by Crippen LogP contribution is -2.53. The Bertz CT molecular complexity index is 294. The van der Waals surface area contributed by atoms with Crippen LogP contribution in [0.25, 0.3) is 0 Å². The molecule has 6 heteroatoms. The zero-order valence-corrected chi connectivity index (χ0v) is 10.6. The van der Waals surface area contributed by atoms with Crippen molar-refractivity contribution >= 4 is 11.9 Å². The summed E-state index contributed by atoms with van der Waals surface area (Å²) in [6.45, 7) is 3.78. The second kappa shape index (κ2) is 5.86. The van der Waals surface area contributed by atoms with Gasteiger partial charge in [0, 0.05) is 12.0 Å². The highest BCUT2D eigenvalue weighted by Gasteiger charge is 2.23. The zero-order chi connectivity index (χ0) is 12.9. The van der Waals surface area contributed by atoms with E-state index in [1.807, 2.05) is 13.8 Å². The van der Waals surface area contributed by atoms with E-state index in [4.69, 9.17) is 11.6 Å². The number of amides is 1. The molecule has 17 heavy (non-hydrogen) atoms. The number of aliphatic imine (C=N–C) groups is 1. The molecule has 6 nitrogen and oxygen atoms in total. The summed E-state index contributed by atoms with van der Waals surface area (Å²) in [4.78, 5) is 15.4. The molecule has 0 saturated heterocycles. The smallest absolute Gasteiger partial charge is 0.219 e. The first-order valence-corrected chi connectivity index (χ1v) is 6.04. The van der Waals surface area contributed by atoms with Crippen LogP contribution >= 0.6 is 0 Å². The molecule has 98 valence electrons. The number of nitrogens with zero attached hydrogens (tertiary/aromatic N) is 1. The Morgan fingerprint density at radius 3 is 2.47 bits per heavy atom. The van der Waals surface area contributed by atoms with Gasteiger partial charge in [0.15, 0.2) is 0 Å². The number of primary amides is 1. The van der Waals surface area contributed by atoms with Gasteiger partial charge in [-0.05, 0) is 26.7 Å². The molecular weight excluding hydrogens is 218 g/mol. The van der Waals surface area contributed by atoms with Gasteiger partial charge < -0.3 is 11.1 Å². The topological polar surface area (TPSA) is 106 Å². The van der Waals surface area contributed by atoms with Crippen LogP contribution in [0.2, 0.25) is 0 Å². The third-order valence-electron chi connectivity index (χ3n) is 2.85. The molecule has 1 amide bonds. The largest absolute Gasteiger partial charge is 0.370 e. The number of nitrogens with two attached hydrogens (primary N) is 2. The minimum absolute atomic E-state index is 0.234. The van der Waals surface area contributed by atoms with Gasteiger partial charge in [-0.15, -0.1) is 0 Å². The van der Waals surface area contributed by atoms with Crippen molar-refractivity contribution in [2.24, 2.45) is 16.6 Å². The average molecular weight is 241 g/mol. The maximum atomic E-state index is 10.9. The summed E-state index contributed by atoms with van der Waals surface area (Å²) < 4.78 is 0. The number of hydrazine groups is 1. The normalized spacial score (nSPS) is 18.2. The van der Waals surface area contributed by atoms with E-state index >= 15 is 0 Å². The van der Waals surface area contributed by atoms with Crippen LogP contribution < -0.4 is 22.3 Å². The van der Waals surface area contributed by atoms with E-state index in [0.29, 0.717) is 12.0 Å². The van der Waals surface area contributed by atoms with Gasteiger partial charge in [0.05, 0.1) is 6.04 Å². The fraction of sp³-hybridized carbons (Fsp3) is 0.818. The van der Waals surface area contributed by atoms with Crippen molar-refractivity contribution in [3.8, 4) is 0 Å². The SMILES string of the molecule is CC(C)(CC(N)=O)NC(=NC1CCCC1)NN. The van der Waals surface area contributed by atoms with Crippen LogP contribution in [0, 0.1) is 0 Å². The summed E-state index contributed by atoms with van der Waals surface area (Å²) in [6, 6.07) is 0.331. The third-order valence-corrected chi connectivity index (χ3v) is 2.85. The fourth-order valence-electron chi connectivity index (χ4n) is 2.12. The number of carbonyl (C=O) groups excluding carboxylic acids is 1. The van der Waals surface area contributed by atoms with Gasteiger partial charge in [-0.3, -0.25) is 10.2 Å². The molecule has 0 aromatic heterocycles. The quantitative estimate of drug-likeness (QED) is 0.240. The Hall–Kier alpha value is -1.30. The number of hydrogen-bond acceptors (Lipinski definition) is 3. The van der Waals surface area contributed by atoms with E-state index < -0.39 is 5.54 Å².